The van der Waals surface area contributed by atoms with Gasteiger partial charge in [-0.15, -0.1) is 0 Å². The number of unbranched alkanes of at least 4 members (excludes halogenated alkanes) is 24. The maximum absolute atomic E-state index is 6.34. The topological polar surface area (TPSA) is 12.5 Å². The molecule has 0 radical (unpaired) electrons. The number of rotatable bonds is 46. The molecule has 2 nitrogen and oxygen atoms in total. The highest BCUT2D eigenvalue weighted by Gasteiger charge is 2.13. The zero-order valence-corrected chi connectivity index (χ0v) is 39.1. The van der Waals surface area contributed by atoms with Crippen LogP contribution in [-0.4, -0.2) is 37.7 Å². The zero-order chi connectivity index (χ0) is 39.5. The van der Waals surface area contributed by atoms with E-state index in [9.17, 15) is 0 Å². The average Bonchev–Trinajstić information content (AvgIpc) is 3.72. The largest absolute Gasteiger partial charge is 0.381 e. The molecule has 0 aromatic rings. The summed E-state index contributed by atoms with van der Waals surface area (Å²) in [6.07, 6.45) is 59.4. The Hall–Kier alpha value is -0.0800. The molecule has 1 rings (SSSR count). The lowest BCUT2D eigenvalue weighted by atomic mass is 9.90. The molecule has 2 heteroatoms. The molecule has 330 valence electrons. The summed E-state index contributed by atoms with van der Waals surface area (Å²) in [6, 6.07) is 0. The van der Waals surface area contributed by atoms with Gasteiger partial charge in [-0.3, -0.25) is 0 Å². The lowest BCUT2D eigenvalue weighted by Crippen LogP contribution is -2.22. The highest BCUT2D eigenvalue weighted by Crippen LogP contribution is 2.26. The highest BCUT2D eigenvalue weighted by atomic mass is 16.5. The molecular weight excluding hydrogens is 667 g/mol. The molecule has 0 saturated carbocycles. The Morgan fingerprint density at radius 2 is 0.600 bits per heavy atom. The van der Waals surface area contributed by atoms with Crippen LogP contribution in [0, 0.1) is 17.8 Å². The molecule has 0 spiro atoms. The Bertz CT molecular complexity index is 637. The van der Waals surface area contributed by atoms with Crippen LogP contribution in [0.1, 0.15) is 291 Å². The van der Waals surface area contributed by atoms with Crippen LogP contribution in [0.25, 0.3) is 0 Å². The minimum Gasteiger partial charge on any atom is -0.381 e. The first-order valence-corrected chi connectivity index (χ1v) is 26.5. The Morgan fingerprint density at radius 1 is 0.327 bits per heavy atom. The third-order valence-electron chi connectivity index (χ3n) is 13.6. The van der Waals surface area contributed by atoms with Crippen LogP contribution >= 0.6 is 0 Å². The third kappa shape index (κ3) is 36.7. The summed E-state index contributed by atoms with van der Waals surface area (Å²) in [6.45, 7) is 15.3. The van der Waals surface area contributed by atoms with Gasteiger partial charge in [0.15, 0.2) is 0 Å². The molecule has 0 N–H and O–H groups in total. The van der Waals surface area contributed by atoms with Crippen LogP contribution in [0.5, 0.6) is 0 Å². The number of hydrogen-bond donors (Lipinski definition) is 0. The van der Waals surface area contributed by atoms with E-state index in [1.54, 1.807) is 0 Å². The van der Waals surface area contributed by atoms with E-state index < -0.39 is 0 Å². The van der Waals surface area contributed by atoms with Crippen molar-refractivity contribution in [1.82, 2.24) is 4.90 Å². The van der Waals surface area contributed by atoms with E-state index in [0.29, 0.717) is 0 Å². The second kappa shape index (κ2) is 43.5. The predicted molar refractivity (Wildman–Crippen MR) is 250 cm³/mol. The second-order valence-corrected chi connectivity index (χ2v) is 19.1. The molecule has 0 amide bonds. The summed E-state index contributed by atoms with van der Waals surface area (Å²) in [5.41, 5.74) is 0. The number of ether oxygens (including phenoxy) is 1. The van der Waals surface area contributed by atoms with Gasteiger partial charge in [0, 0.05) is 19.8 Å². The summed E-state index contributed by atoms with van der Waals surface area (Å²) in [5, 5.41) is 0. The third-order valence-corrected chi connectivity index (χ3v) is 13.6. The van der Waals surface area contributed by atoms with Crippen molar-refractivity contribution in [2.75, 3.05) is 32.8 Å². The molecule has 0 aromatic heterocycles. The zero-order valence-electron chi connectivity index (χ0n) is 39.1. The summed E-state index contributed by atoms with van der Waals surface area (Å²) < 4.78 is 6.34. The summed E-state index contributed by atoms with van der Waals surface area (Å²) in [5.74, 6) is 2.84. The van der Waals surface area contributed by atoms with Gasteiger partial charge in [-0.1, -0.05) is 259 Å². The van der Waals surface area contributed by atoms with Crippen LogP contribution in [0.2, 0.25) is 0 Å². The summed E-state index contributed by atoms with van der Waals surface area (Å²) in [4.78, 5) is 2.64. The molecule has 1 aliphatic rings. The van der Waals surface area contributed by atoms with Gasteiger partial charge in [0.1, 0.15) is 0 Å². The van der Waals surface area contributed by atoms with Crippen molar-refractivity contribution in [2.24, 2.45) is 17.8 Å². The fraction of sp³-hybridized carbons (Fsp3) is 1.00. The Labute approximate surface area is 350 Å². The van der Waals surface area contributed by atoms with E-state index in [4.69, 9.17) is 4.74 Å². The van der Waals surface area contributed by atoms with Crippen molar-refractivity contribution in [1.29, 1.82) is 0 Å². The van der Waals surface area contributed by atoms with Crippen molar-refractivity contribution in [3.63, 3.8) is 0 Å². The Morgan fingerprint density at radius 3 is 0.909 bits per heavy atom. The second-order valence-electron chi connectivity index (χ2n) is 19.1. The van der Waals surface area contributed by atoms with Gasteiger partial charge < -0.3 is 9.64 Å². The molecule has 1 aliphatic heterocycles. The molecule has 55 heavy (non-hydrogen) atoms. The fourth-order valence-corrected chi connectivity index (χ4v) is 9.76. The quantitative estimate of drug-likeness (QED) is 0.0571. The van der Waals surface area contributed by atoms with Crippen molar-refractivity contribution in [3.05, 3.63) is 0 Å². The van der Waals surface area contributed by atoms with Gasteiger partial charge in [0.25, 0.3) is 0 Å². The first kappa shape index (κ1) is 52.9. The lowest BCUT2D eigenvalue weighted by molar-refractivity contribution is 0.0842. The molecule has 1 heterocycles. The molecule has 1 fully saturated rings. The van der Waals surface area contributed by atoms with Gasteiger partial charge >= 0.3 is 0 Å². The van der Waals surface area contributed by atoms with Crippen molar-refractivity contribution in [2.45, 2.75) is 291 Å². The normalized spacial score (nSPS) is 13.8. The molecular formula is C53H107NO. The van der Waals surface area contributed by atoms with Crippen molar-refractivity contribution in [3.8, 4) is 0 Å². The molecule has 0 atom stereocenters. The monoisotopic (exact) mass is 774 g/mol. The minimum atomic E-state index is 0.798. The van der Waals surface area contributed by atoms with Gasteiger partial charge in [-0.2, -0.15) is 0 Å². The first-order chi connectivity index (χ1) is 27.2. The highest BCUT2D eigenvalue weighted by molar-refractivity contribution is 4.67. The van der Waals surface area contributed by atoms with E-state index in [-0.39, 0.29) is 0 Å². The van der Waals surface area contributed by atoms with E-state index in [1.807, 2.05) is 0 Å². The molecule has 0 bridgehead atoms. The van der Waals surface area contributed by atoms with Crippen LogP contribution in [0.3, 0.4) is 0 Å². The van der Waals surface area contributed by atoms with Gasteiger partial charge in [-0.05, 0) is 62.9 Å². The van der Waals surface area contributed by atoms with Gasteiger partial charge in [-0.25, -0.2) is 0 Å². The first-order valence-electron chi connectivity index (χ1n) is 26.5. The standard InChI is InChI=1S/C53H107NO/c1-5-9-27-38-51(39-28-10-6-2)42-31-23-19-15-13-17-21-25-33-44-53(50-55-49-37-48-54-46-35-36-47-54)45-34-26-22-18-14-16-20-24-32-43-52(40-29-11-7-3)41-30-12-8-4/h51-53H,5-50H2,1-4H3. The predicted octanol–water partition coefficient (Wildman–Crippen LogP) is 18.2. The maximum atomic E-state index is 6.34. The van der Waals surface area contributed by atoms with Crippen LogP contribution in [-0.2, 0) is 4.74 Å². The molecule has 0 aromatic carbocycles. The van der Waals surface area contributed by atoms with Crippen LogP contribution < -0.4 is 0 Å². The molecule has 0 unspecified atom stereocenters. The summed E-state index contributed by atoms with van der Waals surface area (Å²) in [7, 11) is 0. The van der Waals surface area contributed by atoms with Crippen LogP contribution in [0.4, 0.5) is 0 Å². The SMILES string of the molecule is CCCCCC(CCCCC)CCCCCCCCCCCC(CCCCCCCCCCCC(CCCCC)CCCCC)COCCCN1CCCC1. The van der Waals surface area contributed by atoms with E-state index in [1.165, 1.54) is 283 Å². The van der Waals surface area contributed by atoms with E-state index >= 15 is 0 Å². The van der Waals surface area contributed by atoms with Crippen LogP contribution in [0.15, 0.2) is 0 Å². The van der Waals surface area contributed by atoms with E-state index in [0.717, 1.165) is 31.0 Å². The average molecular weight is 774 g/mol. The smallest absolute Gasteiger partial charge is 0.0494 e. The number of nitrogens with zero attached hydrogens (tertiary/aromatic N) is 1. The molecule has 0 aliphatic carbocycles. The summed E-state index contributed by atoms with van der Waals surface area (Å²) >= 11 is 0. The lowest BCUT2D eigenvalue weighted by Gasteiger charge is -2.18. The minimum absolute atomic E-state index is 0.798. The maximum Gasteiger partial charge on any atom is 0.0494 e. The van der Waals surface area contributed by atoms with E-state index in [2.05, 4.69) is 32.6 Å². The Kier molecular flexibility index (Phi) is 41.9. The van der Waals surface area contributed by atoms with Crippen molar-refractivity contribution >= 4 is 0 Å². The molecule has 1 saturated heterocycles. The fourth-order valence-electron chi connectivity index (χ4n) is 9.76. The van der Waals surface area contributed by atoms with Gasteiger partial charge in [0.2, 0.25) is 0 Å². The number of likely N-dealkylation sites (tertiary alicyclic amines) is 1. The van der Waals surface area contributed by atoms with Gasteiger partial charge in [0.05, 0.1) is 0 Å². The Balaban J connectivity index is 2.15. The number of hydrogen-bond acceptors (Lipinski definition) is 2. The van der Waals surface area contributed by atoms with Crippen molar-refractivity contribution < 1.29 is 4.74 Å².